The van der Waals surface area contributed by atoms with Crippen LogP contribution in [0.25, 0.3) is 0 Å². The lowest BCUT2D eigenvalue weighted by Gasteiger charge is -2.22. The minimum atomic E-state index is 0.347. The summed E-state index contributed by atoms with van der Waals surface area (Å²) in [5, 5.41) is 4.15. The van der Waals surface area contributed by atoms with Crippen molar-refractivity contribution in [3.05, 3.63) is 11.1 Å². The van der Waals surface area contributed by atoms with Crippen molar-refractivity contribution >= 4 is 11.3 Å². The van der Waals surface area contributed by atoms with Gasteiger partial charge in [-0.3, -0.25) is 0 Å². The van der Waals surface area contributed by atoms with E-state index in [1.807, 2.05) is 6.20 Å². The van der Waals surface area contributed by atoms with Crippen LogP contribution in [0.5, 0.6) is 5.19 Å². The number of hydrogen-bond donors (Lipinski definition) is 1. The lowest BCUT2D eigenvalue weighted by molar-refractivity contribution is 0.162. The van der Waals surface area contributed by atoms with Gasteiger partial charge in [0.25, 0.3) is 5.19 Å². The molecule has 1 saturated heterocycles. The zero-order valence-electron chi connectivity index (χ0n) is 9.90. The Balaban J connectivity index is 1.86. The lowest BCUT2D eigenvalue weighted by Crippen LogP contribution is -2.34. The van der Waals surface area contributed by atoms with E-state index in [2.05, 4.69) is 29.3 Å². The second kappa shape index (κ2) is 5.61. The van der Waals surface area contributed by atoms with E-state index in [9.17, 15) is 0 Å². The fourth-order valence-corrected chi connectivity index (χ4v) is 2.73. The van der Waals surface area contributed by atoms with E-state index in [-0.39, 0.29) is 0 Å². The molecule has 2 heterocycles. The Hall–Kier alpha value is -0.650. The predicted octanol–water partition coefficient (Wildman–Crippen LogP) is 1.34. The monoisotopic (exact) mass is 241 g/mol. The van der Waals surface area contributed by atoms with E-state index in [1.165, 1.54) is 4.88 Å². The fourth-order valence-electron chi connectivity index (χ4n) is 1.78. The third-order valence-corrected chi connectivity index (χ3v) is 3.43. The molecule has 0 amide bonds. The Morgan fingerprint density at radius 3 is 2.94 bits per heavy atom. The SMILES string of the molecule is CN(C)Cc1cnc(OC2CCNCC2)s1. The maximum atomic E-state index is 5.87. The van der Waals surface area contributed by atoms with Crippen molar-refractivity contribution in [3.8, 4) is 5.19 Å². The van der Waals surface area contributed by atoms with E-state index < -0.39 is 0 Å². The van der Waals surface area contributed by atoms with Gasteiger partial charge in [-0.25, -0.2) is 4.98 Å². The van der Waals surface area contributed by atoms with Crippen molar-refractivity contribution in [2.24, 2.45) is 0 Å². The normalized spacial score (nSPS) is 17.9. The number of piperidine rings is 1. The molecule has 4 nitrogen and oxygen atoms in total. The smallest absolute Gasteiger partial charge is 0.273 e. The first-order valence-electron chi connectivity index (χ1n) is 5.71. The summed E-state index contributed by atoms with van der Waals surface area (Å²) >= 11 is 1.66. The number of aromatic nitrogens is 1. The van der Waals surface area contributed by atoms with E-state index in [1.54, 1.807) is 11.3 Å². The Bertz CT molecular complexity index is 321. The number of hydrogen-bond acceptors (Lipinski definition) is 5. The quantitative estimate of drug-likeness (QED) is 0.863. The molecule has 1 fully saturated rings. The van der Waals surface area contributed by atoms with Crippen molar-refractivity contribution in [2.45, 2.75) is 25.5 Å². The molecule has 1 aliphatic rings. The summed E-state index contributed by atoms with van der Waals surface area (Å²) < 4.78 is 5.87. The topological polar surface area (TPSA) is 37.4 Å². The van der Waals surface area contributed by atoms with Crippen LogP contribution in [0.15, 0.2) is 6.20 Å². The highest BCUT2D eigenvalue weighted by Gasteiger charge is 2.16. The zero-order valence-corrected chi connectivity index (χ0v) is 10.7. The van der Waals surface area contributed by atoms with Gasteiger partial charge in [-0.05, 0) is 40.0 Å². The highest BCUT2D eigenvalue weighted by Crippen LogP contribution is 2.24. The summed E-state index contributed by atoms with van der Waals surface area (Å²) in [6, 6.07) is 0. The first-order valence-corrected chi connectivity index (χ1v) is 6.52. The second-order valence-electron chi connectivity index (χ2n) is 4.40. The molecule has 1 N–H and O–H groups in total. The van der Waals surface area contributed by atoms with Crippen LogP contribution >= 0.6 is 11.3 Å². The first kappa shape index (κ1) is 11.8. The number of nitrogens with zero attached hydrogens (tertiary/aromatic N) is 2. The summed E-state index contributed by atoms with van der Waals surface area (Å²) in [4.78, 5) is 7.71. The highest BCUT2D eigenvalue weighted by atomic mass is 32.1. The second-order valence-corrected chi connectivity index (χ2v) is 5.48. The molecule has 1 aliphatic heterocycles. The third-order valence-electron chi connectivity index (χ3n) is 2.56. The Labute approximate surface area is 101 Å². The predicted molar refractivity (Wildman–Crippen MR) is 66.0 cm³/mol. The molecule has 0 saturated carbocycles. The maximum Gasteiger partial charge on any atom is 0.273 e. The van der Waals surface area contributed by atoms with Crippen LogP contribution in [-0.2, 0) is 6.54 Å². The molecule has 0 unspecified atom stereocenters. The van der Waals surface area contributed by atoms with E-state index in [4.69, 9.17) is 4.74 Å². The van der Waals surface area contributed by atoms with Gasteiger partial charge in [0.1, 0.15) is 6.10 Å². The fraction of sp³-hybridized carbons (Fsp3) is 0.727. The Kier molecular flexibility index (Phi) is 4.15. The van der Waals surface area contributed by atoms with Gasteiger partial charge in [-0.2, -0.15) is 0 Å². The minimum absolute atomic E-state index is 0.347. The van der Waals surface area contributed by atoms with Gasteiger partial charge in [-0.15, -0.1) is 0 Å². The van der Waals surface area contributed by atoms with E-state index >= 15 is 0 Å². The van der Waals surface area contributed by atoms with Gasteiger partial charge in [-0.1, -0.05) is 11.3 Å². The maximum absolute atomic E-state index is 5.87. The van der Waals surface area contributed by atoms with Crippen LogP contribution in [-0.4, -0.2) is 43.2 Å². The van der Waals surface area contributed by atoms with Crippen LogP contribution in [0.1, 0.15) is 17.7 Å². The standard InChI is InChI=1S/C11H19N3OS/c1-14(2)8-10-7-13-11(16-10)15-9-3-5-12-6-4-9/h7,9,12H,3-6,8H2,1-2H3. The minimum Gasteiger partial charge on any atom is -0.467 e. The van der Waals surface area contributed by atoms with E-state index in [0.29, 0.717) is 6.10 Å². The number of nitrogens with one attached hydrogen (secondary N) is 1. The van der Waals surface area contributed by atoms with Crippen molar-refractivity contribution in [3.63, 3.8) is 0 Å². The van der Waals surface area contributed by atoms with Crippen molar-refractivity contribution in [1.82, 2.24) is 15.2 Å². The van der Waals surface area contributed by atoms with Crippen molar-refractivity contribution in [1.29, 1.82) is 0 Å². The molecule has 1 aromatic heterocycles. The van der Waals surface area contributed by atoms with Crippen LogP contribution in [0.2, 0.25) is 0 Å². The molecule has 0 spiro atoms. The van der Waals surface area contributed by atoms with Gasteiger partial charge < -0.3 is 15.0 Å². The van der Waals surface area contributed by atoms with Crippen LogP contribution < -0.4 is 10.1 Å². The number of thiazole rings is 1. The first-order chi connectivity index (χ1) is 7.74. The summed E-state index contributed by atoms with van der Waals surface area (Å²) in [7, 11) is 4.13. The molecule has 2 rings (SSSR count). The molecule has 0 bridgehead atoms. The van der Waals surface area contributed by atoms with Gasteiger partial charge >= 0.3 is 0 Å². The number of ether oxygens (including phenoxy) is 1. The molecule has 0 aliphatic carbocycles. The molecule has 0 atom stereocenters. The molecule has 90 valence electrons. The van der Waals surface area contributed by atoms with Gasteiger partial charge in [0.2, 0.25) is 0 Å². The summed E-state index contributed by atoms with van der Waals surface area (Å²) in [5.74, 6) is 0. The molecule has 1 aromatic rings. The summed E-state index contributed by atoms with van der Waals surface area (Å²) in [5.41, 5.74) is 0. The largest absolute Gasteiger partial charge is 0.467 e. The molecule has 0 radical (unpaired) electrons. The lowest BCUT2D eigenvalue weighted by atomic mass is 10.1. The zero-order chi connectivity index (χ0) is 11.4. The van der Waals surface area contributed by atoms with Crippen LogP contribution in [0, 0.1) is 0 Å². The molecule has 0 aromatic carbocycles. The molecular weight excluding hydrogens is 222 g/mol. The summed E-state index contributed by atoms with van der Waals surface area (Å²) in [6.07, 6.45) is 4.44. The average molecular weight is 241 g/mol. The van der Waals surface area contributed by atoms with E-state index in [0.717, 1.165) is 37.7 Å². The molecular formula is C11H19N3OS. The van der Waals surface area contributed by atoms with Crippen LogP contribution in [0.4, 0.5) is 0 Å². The molecule has 16 heavy (non-hydrogen) atoms. The Morgan fingerprint density at radius 1 is 1.50 bits per heavy atom. The molecule has 5 heteroatoms. The highest BCUT2D eigenvalue weighted by molar-refractivity contribution is 7.13. The average Bonchev–Trinajstić information content (AvgIpc) is 2.66. The van der Waals surface area contributed by atoms with Crippen LogP contribution in [0.3, 0.4) is 0 Å². The number of rotatable bonds is 4. The Morgan fingerprint density at radius 2 is 2.25 bits per heavy atom. The van der Waals surface area contributed by atoms with Gasteiger partial charge in [0, 0.05) is 17.6 Å². The van der Waals surface area contributed by atoms with Gasteiger partial charge in [0.05, 0.1) is 0 Å². The van der Waals surface area contributed by atoms with Crippen molar-refractivity contribution in [2.75, 3.05) is 27.2 Å². The summed E-state index contributed by atoms with van der Waals surface area (Å²) in [6.45, 7) is 3.05. The third kappa shape index (κ3) is 3.43. The van der Waals surface area contributed by atoms with Crippen molar-refractivity contribution < 1.29 is 4.74 Å². The van der Waals surface area contributed by atoms with Gasteiger partial charge in [0.15, 0.2) is 0 Å².